The molecule has 0 spiro atoms. The lowest BCUT2D eigenvalue weighted by atomic mass is 9.97. The van der Waals surface area contributed by atoms with Crippen molar-refractivity contribution in [2.45, 2.75) is 12.8 Å². The molecule has 0 atom stereocenters. The zero-order valence-corrected chi connectivity index (χ0v) is 11.1. The van der Waals surface area contributed by atoms with Crippen LogP contribution in [0.2, 0.25) is 5.02 Å². The summed E-state index contributed by atoms with van der Waals surface area (Å²) in [6.07, 6.45) is 1.74. The number of aromatic nitrogens is 2. The molecule has 19 heavy (non-hydrogen) atoms. The summed E-state index contributed by atoms with van der Waals surface area (Å²) in [4.78, 5) is 12.2. The number of piperidine rings is 1. The third kappa shape index (κ3) is 2.43. The summed E-state index contributed by atoms with van der Waals surface area (Å²) in [5, 5.41) is 14.6. The van der Waals surface area contributed by atoms with Gasteiger partial charge in [-0.05, 0) is 38.1 Å². The fourth-order valence-corrected chi connectivity index (χ4v) is 2.62. The zero-order chi connectivity index (χ0) is 13.2. The van der Waals surface area contributed by atoms with Gasteiger partial charge in [0.1, 0.15) is 0 Å². The van der Waals surface area contributed by atoms with E-state index in [0.29, 0.717) is 10.8 Å². The molecule has 0 unspecified atom stereocenters. The molecule has 0 saturated carbocycles. The quantitative estimate of drug-likeness (QED) is 0.788. The van der Waals surface area contributed by atoms with E-state index in [0.717, 1.165) is 36.8 Å². The Kier molecular flexibility index (Phi) is 3.40. The summed E-state index contributed by atoms with van der Waals surface area (Å²) in [5.74, 6) is 0.656. The van der Waals surface area contributed by atoms with Crippen LogP contribution in [0.25, 0.3) is 10.9 Å². The number of amides is 1. The second-order valence-electron chi connectivity index (χ2n) is 4.75. The van der Waals surface area contributed by atoms with E-state index < -0.39 is 0 Å². The van der Waals surface area contributed by atoms with Crippen LogP contribution in [0.3, 0.4) is 0 Å². The molecule has 3 rings (SSSR count). The molecular weight excluding hydrogens is 264 g/mol. The molecule has 1 aromatic carbocycles. The van der Waals surface area contributed by atoms with Crippen LogP contribution < -0.4 is 10.6 Å². The van der Waals surface area contributed by atoms with Crippen molar-refractivity contribution in [3.8, 4) is 0 Å². The van der Waals surface area contributed by atoms with Gasteiger partial charge in [0.15, 0.2) is 5.82 Å². The number of fused-ring (bicyclic) bond motifs is 1. The molecule has 0 radical (unpaired) electrons. The lowest BCUT2D eigenvalue weighted by Crippen LogP contribution is -2.34. The van der Waals surface area contributed by atoms with E-state index in [4.69, 9.17) is 11.6 Å². The number of hydrogen-bond donors (Lipinski definition) is 3. The van der Waals surface area contributed by atoms with Gasteiger partial charge in [0.25, 0.3) is 0 Å². The second kappa shape index (κ2) is 5.19. The third-order valence-electron chi connectivity index (χ3n) is 3.50. The summed E-state index contributed by atoms with van der Waals surface area (Å²) in [5.41, 5.74) is 0.754. The highest BCUT2D eigenvalue weighted by molar-refractivity contribution is 6.35. The molecule has 1 aliphatic rings. The number of carbonyl (C=O) groups excluding carboxylic acids is 1. The number of halogens is 1. The third-order valence-corrected chi connectivity index (χ3v) is 3.81. The predicted molar refractivity (Wildman–Crippen MR) is 75.3 cm³/mol. The van der Waals surface area contributed by atoms with E-state index in [1.54, 1.807) is 6.07 Å². The van der Waals surface area contributed by atoms with E-state index in [9.17, 15) is 4.79 Å². The van der Waals surface area contributed by atoms with Gasteiger partial charge >= 0.3 is 0 Å². The zero-order valence-electron chi connectivity index (χ0n) is 10.4. The molecule has 6 heteroatoms. The van der Waals surface area contributed by atoms with Gasteiger partial charge in [-0.1, -0.05) is 17.7 Å². The Bertz CT molecular complexity index is 604. The Hall–Kier alpha value is -1.59. The smallest absolute Gasteiger partial charge is 0.228 e. The minimum absolute atomic E-state index is 0.0369. The first-order valence-electron chi connectivity index (χ1n) is 6.40. The highest BCUT2D eigenvalue weighted by Crippen LogP contribution is 2.27. The van der Waals surface area contributed by atoms with Crippen molar-refractivity contribution in [2.75, 3.05) is 18.4 Å². The first-order chi connectivity index (χ1) is 9.25. The number of aromatic amines is 1. The Morgan fingerprint density at radius 3 is 2.95 bits per heavy atom. The fraction of sp³-hybridized carbons (Fsp3) is 0.385. The van der Waals surface area contributed by atoms with Crippen LogP contribution in [0, 0.1) is 5.92 Å². The number of nitrogens with one attached hydrogen (secondary N) is 3. The molecule has 1 saturated heterocycles. The van der Waals surface area contributed by atoms with Crippen molar-refractivity contribution in [3.05, 3.63) is 23.2 Å². The average Bonchev–Trinajstić information content (AvgIpc) is 2.84. The summed E-state index contributed by atoms with van der Waals surface area (Å²) in [6.45, 7) is 1.79. The van der Waals surface area contributed by atoms with Gasteiger partial charge in [-0.2, -0.15) is 5.10 Å². The summed E-state index contributed by atoms with van der Waals surface area (Å²) >= 11 is 6.06. The number of hydrogen-bond acceptors (Lipinski definition) is 3. The van der Waals surface area contributed by atoms with Crippen LogP contribution >= 0.6 is 11.6 Å². The Balaban J connectivity index is 1.81. The van der Waals surface area contributed by atoms with Crippen LogP contribution in [0.1, 0.15) is 12.8 Å². The molecule has 1 aromatic heterocycles. The molecule has 2 aromatic rings. The van der Waals surface area contributed by atoms with Gasteiger partial charge in [0, 0.05) is 11.3 Å². The van der Waals surface area contributed by atoms with Gasteiger partial charge in [0.2, 0.25) is 5.91 Å². The maximum atomic E-state index is 12.2. The Morgan fingerprint density at radius 2 is 2.16 bits per heavy atom. The van der Waals surface area contributed by atoms with Crippen molar-refractivity contribution in [3.63, 3.8) is 0 Å². The summed E-state index contributed by atoms with van der Waals surface area (Å²) in [7, 11) is 0. The largest absolute Gasteiger partial charge is 0.317 e. The van der Waals surface area contributed by atoms with Gasteiger partial charge in [-0.15, -0.1) is 0 Å². The van der Waals surface area contributed by atoms with Crippen molar-refractivity contribution in [2.24, 2.45) is 5.92 Å². The van der Waals surface area contributed by atoms with E-state index >= 15 is 0 Å². The number of H-pyrrole nitrogens is 1. The minimum atomic E-state index is 0.0369. The number of para-hydroxylation sites is 1. The van der Waals surface area contributed by atoms with Crippen molar-refractivity contribution in [1.29, 1.82) is 0 Å². The molecule has 3 N–H and O–H groups in total. The number of carbonyl (C=O) groups is 1. The molecule has 2 heterocycles. The molecule has 100 valence electrons. The number of rotatable bonds is 2. The van der Waals surface area contributed by atoms with E-state index in [-0.39, 0.29) is 11.8 Å². The topological polar surface area (TPSA) is 69.8 Å². The van der Waals surface area contributed by atoms with Crippen LogP contribution in [0.4, 0.5) is 5.82 Å². The molecule has 1 fully saturated rings. The normalized spacial score (nSPS) is 16.7. The first-order valence-corrected chi connectivity index (χ1v) is 6.77. The van der Waals surface area contributed by atoms with Crippen molar-refractivity contribution in [1.82, 2.24) is 15.5 Å². The van der Waals surface area contributed by atoms with E-state index in [1.807, 2.05) is 12.1 Å². The Labute approximate surface area is 115 Å². The van der Waals surface area contributed by atoms with Gasteiger partial charge in [0.05, 0.1) is 10.5 Å². The molecule has 1 aliphatic heterocycles. The molecule has 5 nitrogen and oxygen atoms in total. The van der Waals surface area contributed by atoms with Crippen LogP contribution in [0.5, 0.6) is 0 Å². The highest BCUT2D eigenvalue weighted by atomic mass is 35.5. The van der Waals surface area contributed by atoms with Gasteiger partial charge in [-0.25, -0.2) is 0 Å². The Morgan fingerprint density at radius 1 is 1.37 bits per heavy atom. The predicted octanol–water partition coefficient (Wildman–Crippen LogP) is 2.15. The molecule has 0 aliphatic carbocycles. The van der Waals surface area contributed by atoms with Gasteiger partial charge in [-0.3, -0.25) is 9.89 Å². The molecular formula is C13H15ClN4O. The maximum absolute atomic E-state index is 12.2. The fourth-order valence-electron chi connectivity index (χ4n) is 2.41. The first kappa shape index (κ1) is 12.4. The van der Waals surface area contributed by atoms with Crippen LogP contribution in [-0.4, -0.2) is 29.2 Å². The maximum Gasteiger partial charge on any atom is 0.228 e. The lowest BCUT2D eigenvalue weighted by molar-refractivity contribution is -0.120. The monoisotopic (exact) mass is 278 g/mol. The summed E-state index contributed by atoms with van der Waals surface area (Å²) < 4.78 is 0. The highest BCUT2D eigenvalue weighted by Gasteiger charge is 2.22. The molecule has 0 bridgehead atoms. The molecule has 1 amide bonds. The second-order valence-corrected chi connectivity index (χ2v) is 5.16. The SMILES string of the molecule is O=C(Nc1n[nH]c2c(Cl)cccc12)C1CCNCC1. The lowest BCUT2D eigenvalue weighted by Gasteiger charge is -2.21. The van der Waals surface area contributed by atoms with E-state index in [1.165, 1.54) is 0 Å². The number of anilines is 1. The van der Waals surface area contributed by atoms with Gasteiger partial charge < -0.3 is 10.6 Å². The van der Waals surface area contributed by atoms with Crippen molar-refractivity contribution < 1.29 is 4.79 Å². The summed E-state index contributed by atoms with van der Waals surface area (Å²) in [6, 6.07) is 5.53. The van der Waals surface area contributed by atoms with E-state index in [2.05, 4.69) is 20.8 Å². The minimum Gasteiger partial charge on any atom is -0.317 e. The number of nitrogens with zero attached hydrogens (tertiary/aromatic N) is 1. The van der Waals surface area contributed by atoms with Crippen LogP contribution in [-0.2, 0) is 4.79 Å². The van der Waals surface area contributed by atoms with Crippen LogP contribution in [0.15, 0.2) is 18.2 Å². The average molecular weight is 279 g/mol. The standard InChI is InChI=1S/C13H15ClN4O/c14-10-3-1-2-9-11(10)17-18-12(9)16-13(19)8-4-6-15-7-5-8/h1-3,8,15H,4-7H2,(H2,16,17,18,19). The van der Waals surface area contributed by atoms with Crippen molar-refractivity contribution >= 4 is 34.2 Å². The number of benzene rings is 1.